The molecule has 2 aromatic carbocycles. The second-order valence-electron chi connectivity index (χ2n) is 10.4. The van der Waals surface area contributed by atoms with Crippen molar-refractivity contribution in [3.63, 3.8) is 0 Å². The molecule has 1 aliphatic rings. The van der Waals surface area contributed by atoms with E-state index >= 15 is 0 Å². The molecule has 4 aromatic rings. The van der Waals surface area contributed by atoms with Crippen LogP contribution in [0.1, 0.15) is 63.3 Å². The summed E-state index contributed by atoms with van der Waals surface area (Å²) in [6.45, 7) is 4.91. The summed E-state index contributed by atoms with van der Waals surface area (Å²) in [5.41, 5.74) is 2.87. The zero-order valence-electron chi connectivity index (χ0n) is 22.8. The maximum absolute atomic E-state index is 14.3. The van der Waals surface area contributed by atoms with Crippen molar-refractivity contribution in [2.75, 3.05) is 19.6 Å². The molecule has 0 bridgehead atoms. The number of piperidine rings is 1. The van der Waals surface area contributed by atoms with Gasteiger partial charge in [0.1, 0.15) is 16.5 Å². The summed E-state index contributed by atoms with van der Waals surface area (Å²) in [6, 6.07) is 20.6. The minimum absolute atomic E-state index is 0.00186. The summed E-state index contributed by atoms with van der Waals surface area (Å²) in [5.74, 6) is -0.230. The summed E-state index contributed by atoms with van der Waals surface area (Å²) in [6.07, 6.45) is 5.79. The van der Waals surface area contributed by atoms with Crippen LogP contribution in [0.25, 0.3) is 0 Å². The van der Waals surface area contributed by atoms with Crippen LogP contribution in [-0.2, 0) is 19.5 Å². The van der Waals surface area contributed by atoms with E-state index in [2.05, 4.69) is 29.2 Å². The van der Waals surface area contributed by atoms with Crippen LogP contribution in [0.4, 0.5) is 4.39 Å². The zero-order valence-corrected chi connectivity index (χ0v) is 23.7. The number of carbonyl (C=O) groups excluding carboxylic acids is 2. The summed E-state index contributed by atoms with van der Waals surface area (Å²) in [4.78, 5) is 34.6. The van der Waals surface area contributed by atoms with Gasteiger partial charge in [-0.05, 0) is 61.4 Å². The van der Waals surface area contributed by atoms with E-state index in [4.69, 9.17) is 0 Å². The van der Waals surface area contributed by atoms with Crippen LogP contribution in [-0.4, -0.2) is 50.8 Å². The van der Waals surface area contributed by atoms with E-state index in [-0.39, 0.29) is 17.4 Å². The van der Waals surface area contributed by atoms with E-state index in [1.165, 1.54) is 29.0 Å². The first kappa shape index (κ1) is 27.8. The molecule has 1 saturated heterocycles. The molecular formula is C32H35FN4O2S. The first-order valence-corrected chi connectivity index (χ1v) is 14.8. The Labute approximate surface area is 239 Å². The fourth-order valence-electron chi connectivity index (χ4n) is 5.35. The first-order chi connectivity index (χ1) is 19.5. The average molecular weight is 559 g/mol. The molecule has 0 aliphatic carbocycles. The lowest BCUT2D eigenvalue weighted by molar-refractivity contribution is 0.0684. The highest BCUT2D eigenvalue weighted by molar-refractivity contribution is 7.09. The van der Waals surface area contributed by atoms with E-state index < -0.39 is 5.82 Å². The zero-order chi connectivity index (χ0) is 27.9. The first-order valence-electron chi connectivity index (χ1n) is 14.0. The van der Waals surface area contributed by atoms with Gasteiger partial charge in [-0.15, -0.1) is 11.3 Å². The summed E-state index contributed by atoms with van der Waals surface area (Å²) >= 11 is 1.48. The molecule has 208 valence electrons. The molecule has 40 heavy (non-hydrogen) atoms. The van der Waals surface area contributed by atoms with Crippen LogP contribution in [0.3, 0.4) is 0 Å². The molecule has 8 heteroatoms. The highest BCUT2D eigenvalue weighted by atomic mass is 32.1. The summed E-state index contributed by atoms with van der Waals surface area (Å²) < 4.78 is 16.3. The number of likely N-dealkylation sites (tertiary alicyclic amines) is 1. The number of carbonyl (C=O) groups is 2. The van der Waals surface area contributed by atoms with E-state index in [0.717, 1.165) is 49.5 Å². The van der Waals surface area contributed by atoms with Gasteiger partial charge in [-0.2, -0.15) is 0 Å². The monoisotopic (exact) mass is 558 g/mol. The second-order valence-corrected chi connectivity index (χ2v) is 11.3. The van der Waals surface area contributed by atoms with E-state index in [1.807, 2.05) is 46.2 Å². The summed E-state index contributed by atoms with van der Waals surface area (Å²) in [5, 5.41) is 2.68. The maximum Gasteiger partial charge on any atom is 0.273 e. The quantitative estimate of drug-likeness (QED) is 0.230. The lowest BCUT2D eigenvalue weighted by Gasteiger charge is -2.31. The fraction of sp³-hybridized carbons (Fsp3) is 0.344. The van der Waals surface area contributed by atoms with Crippen LogP contribution < -0.4 is 0 Å². The number of halogens is 1. The summed E-state index contributed by atoms with van der Waals surface area (Å²) in [7, 11) is 0. The highest BCUT2D eigenvalue weighted by Gasteiger charge is 2.25. The van der Waals surface area contributed by atoms with Gasteiger partial charge in [0.05, 0.1) is 18.7 Å². The molecular weight excluding hydrogens is 523 g/mol. The number of rotatable bonds is 10. The van der Waals surface area contributed by atoms with E-state index in [9.17, 15) is 14.0 Å². The van der Waals surface area contributed by atoms with Crippen LogP contribution in [0.5, 0.6) is 0 Å². The smallest absolute Gasteiger partial charge is 0.273 e. The van der Waals surface area contributed by atoms with Gasteiger partial charge >= 0.3 is 0 Å². The van der Waals surface area contributed by atoms with Crippen LogP contribution in [0.2, 0.25) is 0 Å². The molecule has 6 nitrogen and oxygen atoms in total. The molecule has 2 amide bonds. The number of hydrogen-bond donors (Lipinski definition) is 0. The molecule has 0 spiro atoms. The Hall–Kier alpha value is -3.78. The van der Waals surface area contributed by atoms with Gasteiger partial charge in [0.15, 0.2) is 0 Å². The van der Waals surface area contributed by atoms with Crippen molar-refractivity contribution in [1.82, 2.24) is 19.4 Å². The van der Waals surface area contributed by atoms with Crippen molar-refractivity contribution in [3.05, 3.63) is 112 Å². The molecule has 1 fully saturated rings. The molecule has 0 unspecified atom stereocenters. The largest absolute Gasteiger partial charge is 0.343 e. The van der Waals surface area contributed by atoms with Crippen LogP contribution in [0, 0.1) is 11.7 Å². The normalized spacial score (nSPS) is 13.9. The lowest BCUT2D eigenvalue weighted by Crippen LogP contribution is -2.39. The van der Waals surface area contributed by atoms with E-state index in [1.54, 1.807) is 17.0 Å². The van der Waals surface area contributed by atoms with Crippen molar-refractivity contribution < 1.29 is 14.0 Å². The Morgan fingerprint density at radius 3 is 2.52 bits per heavy atom. The third kappa shape index (κ3) is 6.67. The number of hydrogen-bond acceptors (Lipinski definition) is 4. The molecule has 0 N–H and O–H groups in total. The number of thiazole rings is 1. The van der Waals surface area contributed by atoms with Gasteiger partial charge in [-0.25, -0.2) is 9.37 Å². The third-order valence-electron chi connectivity index (χ3n) is 7.51. The Balaban J connectivity index is 1.19. The predicted octanol–water partition coefficient (Wildman–Crippen LogP) is 6.28. The van der Waals surface area contributed by atoms with Crippen molar-refractivity contribution in [2.24, 2.45) is 5.92 Å². The molecule has 0 atom stereocenters. The van der Waals surface area contributed by atoms with Gasteiger partial charge in [0, 0.05) is 36.9 Å². The molecule has 1 aliphatic heterocycles. The van der Waals surface area contributed by atoms with Gasteiger partial charge < -0.3 is 14.4 Å². The standard InChI is InChI=1S/C32H35FN4O2S/c1-2-16-37(31(38)27-12-6-7-13-28(27)33)21-26-11-8-17-36(26)22-30-34-29(23-40-30)32(39)35-18-14-25(15-19-35)20-24-9-4-3-5-10-24/h3-13,17,23,25H,2,14-16,18-22H2,1H3. The van der Waals surface area contributed by atoms with Gasteiger partial charge in [0.25, 0.3) is 11.8 Å². The average Bonchev–Trinajstić information content (AvgIpc) is 3.63. The molecule has 5 rings (SSSR count). The fourth-order valence-corrected chi connectivity index (χ4v) is 6.11. The third-order valence-corrected chi connectivity index (χ3v) is 8.34. The highest BCUT2D eigenvalue weighted by Crippen LogP contribution is 2.24. The Kier molecular flexibility index (Phi) is 9.06. The Bertz CT molecular complexity index is 1430. The Morgan fingerprint density at radius 2 is 1.77 bits per heavy atom. The molecule has 2 aromatic heterocycles. The number of benzene rings is 2. The lowest BCUT2D eigenvalue weighted by atomic mass is 9.90. The van der Waals surface area contributed by atoms with Gasteiger partial charge in [0.2, 0.25) is 0 Å². The van der Waals surface area contributed by atoms with Crippen molar-refractivity contribution in [3.8, 4) is 0 Å². The van der Waals surface area contributed by atoms with Crippen molar-refractivity contribution in [2.45, 2.75) is 45.7 Å². The minimum atomic E-state index is -0.510. The molecule has 3 heterocycles. The maximum atomic E-state index is 14.3. The molecule has 0 saturated carbocycles. The second kappa shape index (κ2) is 13.0. The van der Waals surface area contributed by atoms with Crippen LogP contribution >= 0.6 is 11.3 Å². The minimum Gasteiger partial charge on any atom is -0.343 e. The van der Waals surface area contributed by atoms with Gasteiger partial charge in [-0.1, -0.05) is 49.4 Å². The van der Waals surface area contributed by atoms with E-state index in [0.29, 0.717) is 31.2 Å². The molecule has 0 radical (unpaired) electrons. The Morgan fingerprint density at radius 1 is 1.02 bits per heavy atom. The number of nitrogens with zero attached hydrogens (tertiary/aromatic N) is 4. The van der Waals surface area contributed by atoms with Crippen LogP contribution in [0.15, 0.2) is 78.3 Å². The SMILES string of the molecule is CCCN(Cc1cccn1Cc1nc(C(=O)N2CCC(Cc3ccccc3)CC2)cs1)C(=O)c1ccccc1F. The number of aromatic nitrogens is 2. The van der Waals surface area contributed by atoms with Gasteiger partial charge in [-0.3, -0.25) is 9.59 Å². The van der Waals surface area contributed by atoms with Crippen molar-refractivity contribution in [1.29, 1.82) is 0 Å². The predicted molar refractivity (Wildman–Crippen MR) is 156 cm³/mol. The van der Waals surface area contributed by atoms with Crippen molar-refractivity contribution >= 4 is 23.2 Å². The topological polar surface area (TPSA) is 58.4 Å². The number of amides is 2.